The van der Waals surface area contributed by atoms with Crippen molar-refractivity contribution >= 4 is 30.4 Å². The van der Waals surface area contributed by atoms with E-state index in [1.807, 2.05) is 0 Å². The molecule has 1 N–H and O–H groups in total. The van der Waals surface area contributed by atoms with Crippen molar-refractivity contribution in [2.45, 2.75) is 46.6 Å². The van der Waals surface area contributed by atoms with Crippen LogP contribution in [0, 0.1) is 5.41 Å². The second-order valence-corrected chi connectivity index (χ2v) is 28.7. The Bertz CT molecular complexity index is 870. The van der Waals surface area contributed by atoms with Gasteiger partial charge in [0.05, 0.1) is 5.54 Å². The van der Waals surface area contributed by atoms with Gasteiger partial charge in [-0.25, -0.2) is 42.0 Å². The lowest BCUT2D eigenvalue weighted by molar-refractivity contribution is -0.325. The summed E-state index contributed by atoms with van der Waals surface area (Å²) in [7, 11) is 28.5. The van der Waals surface area contributed by atoms with Crippen LogP contribution in [-0.4, -0.2) is 182 Å². The summed E-state index contributed by atoms with van der Waals surface area (Å²) >= 11 is 0. The summed E-state index contributed by atoms with van der Waals surface area (Å²) in [5.74, 6) is 0. The van der Waals surface area contributed by atoms with Crippen LogP contribution in [-0.2, 0) is 0 Å². The van der Waals surface area contributed by atoms with Crippen LogP contribution in [0.5, 0.6) is 0 Å². The van der Waals surface area contributed by atoms with E-state index in [0.29, 0.717) is 0 Å². The van der Waals surface area contributed by atoms with Crippen LogP contribution in [0.15, 0.2) is 13.5 Å². The molecule has 0 aliphatic rings. The Morgan fingerprint density at radius 3 is 0.756 bits per heavy atom. The van der Waals surface area contributed by atoms with E-state index in [4.69, 9.17) is 18.7 Å². The zero-order chi connectivity index (χ0) is 36.7. The fourth-order valence-electron chi connectivity index (χ4n) is 6.33. The summed E-state index contributed by atoms with van der Waals surface area (Å²) in [6.07, 6.45) is 0.925. The molecule has 0 saturated carbocycles. The first kappa shape index (κ1) is 47.8. The summed E-state index contributed by atoms with van der Waals surface area (Å²) in [6.45, 7) is 11.5. The Morgan fingerprint density at radius 1 is 0.444 bits per heavy atom. The molecular formula is C27H75N13OP4. The average molecular weight is 722 g/mol. The molecule has 0 atom stereocenters. The van der Waals surface area contributed by atoms with Gasteiger partial charge in [-0.3, -0.25) is 0 Å². The fraction of sp³-hybridized carbons (Fsp3) is 1.00. The van der Waals surface area contributed by atoms with E-state index in [9.17, 15) is 0 Å². The van der Waals surface area contributed by atoms with Gasteiger partial charge in [0.2, 0.25) is 22.5 Å². The van der Waals surface area contributed by atoms with Crippen molar-refractivity contribution < 1.29 is 5.11 Å². The molecular weight excluding hydrogens is 646 g/mol. The van der Waals surface area contributed by atoms with Gasteiger partial charge in [0.1, 0.15) is 0 Å². The largest absolute Gasteiger partial charge is 0.857 e. The molecule has 0 heterocycles. The number of rotatable bonds is 15. The van der Waals surface area contributed by atoms with Gasteiger partial charge in [-0.2, -0.15) is 7.11 Å². The minimum absolute atomic E-state index is 0.0801. The molecule has 274 valence electrons. The van der Waals surface area contributed by atoms with Gasteiger partial charge in [0.25, 0.3) is 0 Å². The van der Waals surface area contributed by atoms with Gasteiger partial charge in [-0.05, 0) is 166 Å². The Morgan fingerprint density at radius 2 is 0.622 bits per heavy atom. The Balaban J connectivity index is 0. The van der Waals surface area contributed by atoms with Gasteiger partial charge in [0.15, 0.2) is 0 Å². The second kappa shape index (κ2) is 18.1. The summed E-state index contributed by atoms with van der Waals surface area (Å²) in [5, 5.41) is 12.4. The standard InChI is InChI=1S/C26H72N13P4.CH3O/c1-25(2,3)24-26(4,5)27-40(28-41(31(6)7,32(8)9)33(10)11,29-42(34(12)13,35(14)15)36(16)17)30-43(37(18)19,38(20)21)39(22)23;1-2/h27H,24H2,1-23H3;1H3/q+1;-1. The topological polar surface area (TPSA) is 101 Å². The normalized spacial score (nSPS) is 14.5. The molecule has 0 aromatic heterocycles. The lowest BCUT2D eigenvalue weighted by Crippen LogP contribution is -2.42. The fourth-order valence-corrected chi connectivity index (χ4v) is 25.4. The smallest absolute Gasteiger partial charge is 0.451 e. The first-order chi connectivity index (χ1) is 20.0. The molecule has 0 saturated heterocycles. The van der Waals surface area contributed by atoms with Gasteiger partial charge < -0.3 is 5.11 Å². The molecule has 0 aromatic carbocycles. The lowest BCUT2D eigenvalue weighted by Gasteiger charge is -2.45. The molecule has 0 bridgehead atoms. The number of nitrogens with zero attached hydrogens (tertiary/aromatic N) is 12. The lowest BCUT2D eigenvalue weighted by atomic mass is 9.82. The third-order valence-electron chi connectivity index (χ3n) is 6.99. The summed E-state index contributed by atoms with van der Waals surface area (Å²) in [5.41, 5.74) is -0.249. The van der Waals surface area contributed by atoms with Crippen LogP contribution in [0.25, 0.3) is 0 Å². The number of nitrogens with one attached hydrogen (secondary N) is 1. The maximum atomic E-state index is 8.25. The molecule has 0 aliphatic carbocycles. The van der Waals surface area contributed by atoms with E-state index in [-0.39, 0.29) is 11.0 Å². The molecule has 45 heavy (non-hydrogen) atoms. The van der Waals surface area contributed by atoms with Crippen molar-refractivity contribution in [1.82, 2.24) is 47.1 Å². The van der Waals surface area contributed by atoms with Crippen molar-refractivity contribution in [2.75, 3.05) is 134 Å². The van der Waals surface area contributed by atoms with Crippen molar-refractivity contribution in [3.63, 3.8) is 0 Å². The van der Waals surface area contributed by atoms with E-state index < -0.39 is 30.4 Å². The quantitative estimate of drug-likeness (QED) is 0.222. The van der Waals surface area contributed by atoms with Crippen LogP contribution in [0.4, 0.5) is 0 Å². The summed E-state index contributed by atoms with van der Waals surface area (Å²) in [4.78, 5) is 0. The highest BCUT2D eigenvalue weighted by Gasteiger charge is 2.56. The predicted octanol–water partition coefficient (Wildman–Crippen LogP) is 5.34. The zero-order valence-electron chi connectivity index (χ0n) is 33.8. The SMILES string of the molecule is CN(C)P(=N[P+](N=P(N(C)C)(N(C)C)N(C)C)(N=P(N(C)C)(N(C)C)N(C)C)NC(C)(C)CC(C)(C)C)(N(C)C)N(C)C.C[O-]. The highest BCUT2D eigenvalue weighted by Crippen LogP contribution is 2.81. The van der Waals surface area contributed by atoms with Crippen molar-refractivity contribution in [3.05, 3.63) is 0 Å². The molecule has 0 aromatic rings. The van der Waals surface area contributed by atoms with E-state index in [0.717, 1.165) is 13.5 Å². The first-order valence-electron chi connectivity index (χ1n) is 15.1. The molecule has 14 nitrogen and oxygen atoms in total. The van der Waals surface area contributed by atoms with Crippen molar-refractivity contribution in [1.29, 1.82) is 0 Å². The predicted molar refractivity (Wildman–Crippen MR) is 205 cm³/mol. The Hall–Kier alpha value is 0.680. The average Bonchev–Trinajstić information content (AvgIpc) is 2.81. The monoisotopic (exact) mass is 722 g/mol. The Labute approximate surface area is 281 Å². The molecule has 0 amide bonds. The molecule has 0 fully saturated rings. The van der Waals surface area contributed by atoms with Crippen LogP contribution in [0.1, 0.15) is 41.0 Å². The minimum Gasteiger partial charge on any atom is -0.857 e. The second-order valence-electron chi connectivity index (χ2n) is 14.8. The highest BCUT2D eigenvalue weighted by atomic mass is 31.3. The van der Waals surface area contributed by atoms with Gasteiger partial charge in [-0.15, -0.1) is 5.09 Å². The van der Waals surface area contributed by atoms with Crippen molar-refractivity contribution in [2.24, 2.45) is 19.0 Å². The number of hydrogen-bond donors (Lipinski definition) is 1. The van der Waals surface area contributed by atoms with Gasteiger partial charge >= 0.3 is 7.87 Å². The number of hydrogen-bond acceptors (Lipinski definition) is 5. The maximum absolute atomic E-state index is 8.25. The third kappa shape index (κ3) is 11.4. The van der Waals surface area contributed by atoms with E-state index in [1.54, 1.807) is 0 Å². The van der Waals surface area contributed by atoms with Crippen LogP contribution in [0.3, 0.4) is 0 Å². The van der Waals surface area contributed by atoms with Gasteiger partial charge in [-0.1, -0.05) is 20.8 Å². The Kier molecular flexibility index (Phi) is 19.2. The van der Waals surface area contributed by atoms with E-state index in [2.05, 4.69) is 209 Å². The van der Waals surface area contributed by atoms with Crippen LogP contribution >= 0.6 is 30.4 Å². The van der Waals surface area contributed by atoms with Crippen LogP contribution < -0.4 is 10.2 Å². The summed E-state index contributed by atoms with van der Waals surface area (Å²) < 4.78 is 38.6. The van der Waals surface area contributed by atoms with E-state index in [1.165, 1.54) is 0 Å². The maximum Gasteiger partial charge on any atom is 0.451 e. The third-order valence-corrected chi connectivity index (χ3v) is 23.4. The first-order valence-corrected chi connectivity index (χ1v) is 21.6. The van der Waals surface area contributed by atoms with Crippen molar-refractivity contribution in [3.8, 4) is 0 Å². The molecule has 18 heteroatoms. The molecule has 0 radical (unpaired) electrons. The highest BCUT2D eigenvalue weighted by molar-refractivity contribution is 7.84. The molecule has 0 aliphatic heterocycles. The summed E-state index contributed by atoms with van der Waals surface area (Å²) in [6, 6.07) is 0. The molecule has 0 spiro atoms. The zero-order valence-corrected chi connectivity index (χ0v) is 37.3. The van der Waals surface area contributed by atoms with E-state index >= 15 is 0 Å². The minimum atomic E-state index is -3.16. The molecule has 0 unspecified atom stereocenters. The van der Waals surface area contributed by atoms with Crippen LogP contribution in [0.2, 0.25) is 0 Å². The molecule has 0 rings (SSSR count). The van der Waals surface area contributed by atoms with Gasteiger partial charge in [0, 0.05) is 0 Å².